The van der Waals surface area contributed by atoms with E-state index in [1.807, 2.05) is 19.2 Å². The normalized spacial score (nSPS) is 11.6. The molecule has 0 atom stereocenters. The first-order chi connectivity index (χ1) is 10.3. The summed E-state index contributed by atoms with van der Waals surface area (Å²) in [5, 5.41) is 2.30. The minimum Gasteiger partial charge on any atom is -0.495 e. The first kappa shape index (κ1) is 16.7. The van der Waals surface area contributed by atoms with E-state index in [9.17, 15) is 8.42 Å². The Labute approximate surface area is 134 Å². The SMILES string of the molecule is COc1cc(C)c(C)cc1S(=O)(=O)NCCc1csc(N)n1. The van der Waals surface area contributed by atoms with Gasteiger partial charge in [0.2, 0.25) is 10.0 Å². The average molecular weight is 341 g/mol. The monoisotopic (exact) mass is 341 g/mol. The van der Waals surface area contributed by atoms with E-state index in [1.54, 1.807) is 12.1 Å². The van der Waals surface area contributed by atoms with Crippen LogP contribution in [0.4, 0.5) is 5.13 Å². The van der Waals surface area contributed by atoms with Crippen molar-refractivity contribution in [2.45, 2.75) is 25.2 Å². The maximum Gasteiger partial charge on any atom is 0.244 e. The lowest BCUT2D eigenvalue weighted by Gasteiger charge is -2.13. The zero-order valence-electron chi connectivity index (χ0n) is 12.7. The summed E-state index contributed by atoms with van der Waals surface area (Å²) in [4.78, 5) is 4.25. The highest BCUT2D eigenvalue weighted by Crippen LogP contribution is 2.27. The molecule has 1 heterocycles. The molecular formula is C14H19N3O3S2. The second-order valence-corrected chi connectivity index (χ2v) is 7.54. The van der Waals surface area contributed by atoms with Crippen molar-refractivity contribution < 1.29 is 13.2 Å². The van der Waals surface area contributed by atoms with Gasteiger partial charge in [-0.05, 0) is 37.1 Å². The van der Waals surface area contributed by atoms with Crippen LogP contribution in [0, 0.1) is 13.8 Å². The van der Waals surface area contributed by atoms with E-state index in [1.165, 1.54) is 18.4 Å². The molecule has 2 rings (SSSR count). The summed E-state index contributed by atoms with van der Waals surface area (Å²) >= 11 is 1.34. The van der Waals surface area contributed by atoms with Crippen LogP contribution >= 0.6 is 11.3 Å². The summed E-state index contributed by atoms with van der Waals surface area (Å²) in [6, 6.07) is 3.35. The van der Waals surface area contributed by atoms with Crippen molar-refractivity contribution in [3.8, 4) is 5.75 Å². The molecule has 6 nitrogen and oxygen atoms in total. The summed E-state index contributed by atoms with van der Waals surface area (Å²) in [5.41, 5.74) is 8.20. The lowest BCUT2D eigenvalue weighted by Crippen LogP contribution is -2.26. The number of nitrogens with zero attached hydrogens (tertiary/aromatic N) is 1. The largest absolute Gasteiger partial charge is 0.495 e. The number of hydrogen-bond donors (Lipinski definition) is 2. The van der Waals surface area contributed by atoms with Gasteiger partial charge in [0.05, 0.1) is 12.8 Å². The quantitative estimate of drug-likeness (QED) is 0.836. The second-order valence-electron chi connectivity index (χ2n) is 4.91. The molecule has 120 valence electrons. The van der Waals surface area contributed by atoms with Crippen LogP contribution in [0.15, 0.2) is 22.4 Å². The van der Waals surface area contributed by atoms with Gasteiger partial charge in [0.15, 0.2) is 5.13 Å². The molecule has 0 radical (unpaired) electrons. The van der Waals surface area contributed by atoms with Gasteiger partial charge in [0, 0.05) is 18.3 Å². The van der Waals surface area contributed by atoms with Crippen molar-refractivity contribution in [2.75, 3.05) is 19.4 Å². The molecular weight excluding hydrogens is 322 g/mol. The summed E-state index contributed by atoms with van der Waals surface area (Å²) in [6.07, 6.45) is 0.486. The molecule has 3 N–H and O–H groups in total. The summed E-state index contributed by atoms with van der Waals surface area (Å²) in [7, 11) is -2.18. The molecule has 0 saturated carbocycles. The van der Waals surface area contributed by atoms with Crippen molar-refractivity contribution in [1.29, 1.82) is 0 Å². The maximum absolute atomic E-state index is 12.4. The number of sulfonamides is 1. The topological polar surface area (TPSA) is 94.3 Å². The number of benzene rings is 1. The van der Waals surface area contributed by atoms with Crippen molar-refractivity contribution in [1.82, 2.24) is 9.71 Å². The second kappa shape index (κ2) is 6.64. The van der Waals surface area contributed by atoms with Gasteiger partial charge in [-0.2, -0.15) is 0 Å². The Kier molecular flexibility index (Phi) is 5.05. The molecule has 0 saturated heterocycles. The molecule has 0 unspecified atom stereocenters. The van der Waals surface area contributed by atoms with E-state index < -0.39 is 10.0 Å². The molecule has 22 heavy (non-hydrogen) atoms. The highest BCUT2D eigenvalue weighted by atomic mass is 32.2. The van der Waals surface area contributed by atoms with Crippen LogP contribution in [0.3, 0.4) is 0 Å². The van der Waals surface area contributed by atoms with E-state index in [4.69, 9.17) is 10.5 Å². The number of nitrogen functional groups attached to an aromatic ring is 1. The lowest BCUT2D eigenvalue weighted by molar-refractivity contribution is 0.402. The standard InChI is InChI=1S/C14H19N3O3S2/c1-9-6-12(20-3)13(7-10(9)2)22(18,19)16-5-4-11-8-21-14(15)17-11/h6-8,16H,4-5H2,1-3H3,(H2,15,17). The van der Waals surface area contributed by atoms with Gasteiger partial charge in [0.1, 0.15) is 10.6 Å². The third-order valence-electron chi connectivity index (χ3n) is 3.31. The Bertz CT molecular complexity index is 770. The minimum absolute atomic E-state index is 0.149. The molecule has 0 aliphatic rings. The van der Waals surface area contributed by atoms with Gasteiger partial charge in [-0.1, -0.05) is 0 Å². The van der Waals surface area contributed by atoms with Crippen molar-refractivity contribution in [2.24, 2.45) is 0 Å². The molecule has 8 heteroatoms. The number of thiazole rings is 1. The van der Waals surface area contributed by atoms with Crippen LogP contribution in [0.5, 0.6) is 5.75 Å². The van der Waals surface area contributed by atoms with Crippen molar-refractivity contribution in [3.63, 3.8) is 0 Å². The molecule has 1 aromatic carbocycles. The summed E-state index contributed by atoms with van der Waals surface area (Å²) in [5.74, 6) is 0.341. The third kappa shape index (κ3) is 3.76. The van der Waals surface area contributed by atoms with Crippen LogP contribution in [-0.4, -0.2) is 27.1 Å². The number of aryl methyl sites for hydroxylation is 2. The molecule has 0 aliphatic heterocycles. The number of nitrogens with one attached hydrogen (secondary N) is 1. The van der Waals surface area contributed by atoms with Gasteiger partial charge in [-0.25, -0.2) is 18.1 Å². The number of hydrogen-bond acceptors (Lipinski definition) is 6. The molecule has 0 bridgehead atoms. The number of ether oxygens (including phenoxy) is 1. The molecule has 0 aliphatic carbocycles. The zero-order valence-corrected chi connectivity index (χ0v) is 14.3. The Balaban J connectivity index is 2.14. The van der Waals surface area contributed by atoms with Crippen molar-refractivity contribution in [3.05, 3.63) is 34.3 Å². The number of nitrogens with two attached hydrogens (primary N) is 1. The molecule has 0 spiro atoms. The fourth-order valence-electron chi connectivity index (χ4n) is 1.96. The highest BCUT2D eigenvalue weighted by molar-refractivity contribution is 7.89. The predicted octanol–water partition coefficient (Wildman–Crippen LogP) is 1.87. The minimum atomic E-state index is -3.64. The highest BCUT2D eigenvalue weighted by Gasteiger charge is 2.20. The first-order valence-electron chi connectivity index (χ1n) is 6.68. The Morgan fingerprint density at radius 1 is 1.32 bits per heavy atom. The van der Waals surface area contributed by atoms with Crippen LogP contribution in [0.1, 0.15) is 16.8 Å². The third-order valence-corrected chi connectivity index (χ3v) is 5.52. The first-order valence-corrected chi connectivity index (χ1v) is 9.04. The van der Waals surface area contributed by atoms with Gasteiger partial charge in [0.25, 0.3) is 0 Å². The number of methoxy groups -OCH3 is 1. The van der Waals surface area contributed by atoms with E-state index in [0.29, 0.717) is 17.3 Å². The number of aromatic nitrogens is 1. The van der Waals surface area contributed by atoms with Crippen LogP contribution in [0.25, 0.3) is 0 Å². The molecule has 1 aromatic heterocycles. The van der Waals surface area contributed by atoms with E-state index >= 15 is 0 Å². The Morgan fingerprint density at radius 2 is 2.00 bits per heavy atom. The van der Waals surface area contributed by atoms with E-state index in [-0.39, 0.29) is 11.4 Å². The van der Waals surface area contributed by atoms with Crippen LogP contribution in [-0.2, 0) is 16.4 Å². The fourth-order valence-corrected chi connectivity index (χ4v) is 3.82. The zero-order chi connectivity index (χ0) is 16.3. The predicted molar refractivity (Wildman–Crippen MR) is 87.9 cm³/mol. The maximum atomic E-state index is 12.4. The van der Waals surface area contributed by atoms with Crippen molar-refractivity contribution >= 4 is 26.5 Å². The van der Waals surface area contributed by atoms with E-state index in [2.05, 4.69) is 9.71 Å². The van der Waals surface area contributed by atoms with Gasteiger partial charge >= 0.3 is 0 Å². The van der Waals surface area contributed by atoms with Crippen LogP contribution < -0.4 is 15.2 Å². The fraction of sp³-hybridized carbons (Fsp3) is 0.357. The molecule has 2 aromatic rings. The number of rotatable bonds is 6. The number of anilines is 1. The Morgan fingerprint density at radius 3 is 2.59 bits per heavy atom. The summed E-state index contributed by atoms with van der Waals surface area (Å²) < 4.78 is 32.6. The smallest absolute Gasteiger partial charge is 0.244 e. The average Bonchev–Trinajstić information content (AvgIpc) is 2.86. The van der Waals surface area contributed by atoms with Crippen LogP contribution in [0.2, 0.25) is 0 Å². The summed E-state index contributed by atoms with van der Waals surface area (Å²) in [6.45, 7) is 4.03. The van der Waals surface area contributed by atoms with Gasteiger partial charge in [-0.15, -0.1) is 11.3 Å². The lowest BCUT2D eigenvalue weighted by atomic mass is 10.1. The molecule has 0 amide bonds. The molecule has 0 fully saturated rings. The Hall–Kier alpha value is -1.64. The van der Waals surface area contributed by atoms with Gasteiger partial charge < -0.3 is 10.5 Å². The van der Waals surface area contributed by atoms with Gasteiger partial charge in [-0.3, -0.25) is 0 Å². The van der Waals surface area contributed by atoms with E-state index in [0.717, 1.165) is 16.8 Å².